The maximum absolute atomic E-state index is 12.4. The van der Waals surface area contributed by atoms with E-state index in [9.17, 15) is 40.3 Å². The van der Waals surface area contributed by atoms with Crippen molar-refractivity contribution in [2.75, 3.05) is 6.61 Å². The molecule has 12 nitrogen and oxygen atoms in total. The zero-order valence-corrected chi connectivity index (χ0v) is 15.1. The van der Waals surface area contributed by atoms with Gasteiger partial charge in [0.05, 0.1) is 18.7 Å². The summed E-state index contributed by atoms with van der Waals surface area (Å²) in [5.74, 6) is -2.45. The van der Waals surface area contributed by atoms with Gasteiger partial charge in [0.15, 0.2) is 6.23 Å². The van der Waals surface area contributed by atoms with E-state index in [0.29, 0.717) is 5.56 Å². The molecule has 1 amide bonds. The lowest BCUT2D eigenvalue weighted by atomic mass is 9.81. The molecule has 3 rings (SSSR count). The first-order chi connectivity index (χ1) is 13.6. The van der Waals surface area contributed by atoms with Crippen LogP contribution >= 0.6 is 0 Å². The molecule has 2 aliphatic heterocycles. The fourth-order valence-electron chi connectivity index (χ4n) is 3.60. The fraction of sp³-hybridized carbons (Fsp3) is 0.529. The number of nitrogens with one attached hydrogen (secondary N) is 1. The van der Waals surface area contributed by atoms with E-state index in [1.165, 1.54) is 12.1 Å². The maximum atomic E-state index is 12.4. The Morgan fingerprint density at radius 1 is 1.28 bits per heavy atom. The molecule has 1 aromatic carbocycles. The molecule has 0 unspecified atom stereocenters. The number of carbonyl (C=O) groups is 2. The predicted molar refractivity (Wildman–Crippen MR) is 93.5 cm³/mol. The third-order valence-electron chi connectivity index (χ3n) is 5.30. The number of hydrogen-bond acceptors (Lipinski definition) is 10. The molecule has 0 radical (unpaired) electrons. The van der Waals surface area contributed by atoms with Crippen LogP contribution in [0.4, 0.5) is 0 Å². The number of carbonyl (C=O) groups excluding carboxylic acids is 1. The third-order valence-corrected chi connectivity index (χ3v) is 5.30. The lowest BCUT2D eigenvalue weighted by molar-refractivity contribution is -0.298. The first-order valence-electron chi connectivity index (χ1n) is 8.80. The van der Waals surface area contributed by atoms with Crippen LogP contribution in [0.5, 0.6) is 5.75 Å². The van der Waals surface area contributed by atoms with Crippen LogP contribution in [0.2, 0.25) is 0 Å². The molecule has 12 heteroatoms. The molecule has 1 aromatic rings. The van der Waals surface area contributed by atoms with E-state index in [0.717, 1.165) is 0 Å². The number of piperidine rings is 1. The Morgan fingerprint density at radius 3 is 2.48 bits per heavy atom. The van der Waals surface area contributed by atoms with Crippen LogP contribution < -0.4 is 11.1 Å². The molecule has 2 fully saturated rings. The SMILES string of the molecule is N[C@@H](Cc1ccc(O)cc1)C(=O)N[C@@H](C(=O)O)[C@H]1[C@H](O)[C@]2(O)CO[C@@H]([C@@H]2O)N1O. The minimum atomic E-state index is -2.21. The number of hydrogen-bond donors (Lipinski definition) is 8. The third kappa shape index (κ3) is 3.79. The average molecular weight is 413 g/mol. The van der Waals surface area contributed by atoms with Gasteiger partial charge < -0.3 is 46.5 Å². The first kappa shape index (κ1) is 21.4. The molecule has 0 spiro atoms. The summed E-state index contributed by atoms with van der Waals surface area (Å²) in [7, 11) is 0. The molecule has 0 aliphatic carbocycles. The molecular weight excluding hydrogens is 390 g/mol. The number of fused-ring (bicyclic) bond motifs is 2. The molecule has 160 valence electrons. The summed E-state index contributed by atoms with van der Waals surface area (Å²) in [5, 5.41) is 62.4. The number of ether oxygens (including phenoxy) is 1. The Morgan fingerprint density at radius 2 is 1.90 bits per heavy atom. The minimum absolute atomic E-state index is 0.0307. The molecule has 2 aliphatic rings. The van der Waals surface area contributed by atoms with E-state index in [1.807, 2.05) is 0 Å². The van der Waals surface area contributed by atoms with Gasteiger partial charge in [0.2, 0.25) is 5.91 Å². The smallest absolute Gasteiger partial charge is 0.328 e. The highest BCUT2D eigenvalue weighted by molar-refractivity contribution is 5.87. The van der Waals surface area contributed by atoms with Crippen LogP contribution in [0, 0.1) is 0 Å². The molecule has 0 saturated carbocycles. The van der Waals surface area contributed by atoms with Crippen LogP contribution in [0.15, 0.2) is 24.3 Å². The van der Waals surface area contributed by atoms with E-state index >= 15 is 0 Å². The van der Waals surface area contributed by atoms with Crippen molar-refractivity contribution in [2.24, 2.45) is 5.73 Å². The Kier molecular flexibility index (Phi) is 5.78. The van der Waals surface area contributed by atoms with Crippen LogP contribution in [-0.2, 0) is 20.7 Å². The Hall–Kier alpha value is -2.32. The summed E-state index contributed by atoms with van der Waals surface area (Å²) >= 11 is 0. The van der Waals surface area contributed by atoms with Crippen molar-refractivity contribution < 1.29 is 45.1 Å². The van der Waals surface area contributed by atoms with E-state index in [1.54, 1.807) is 12.1 Å². The van der Waals surface area contributed by atoms with Crippen LogP contribution in [-0.4, -0.2) is 96.4 Å². The van der Waals surface area contributed by atoms with Crippen molar-refractivity contribution in [3.05, 3.63) is 29.8 Å². The van der Waals surface area contributed by atoms with Crippen molar-refractivity contribution in [3.63, 3.8) is 0 Å². The molecular formula is C17H23N3O9. The Bertz CT molecular complexity index is 776. The van der Waals surface area contributed by atoms with Crippen LogP contribution in [0.25, 0.3) is 0 Å². The lowest BCUT2D eigenvalue weighted by Gasteiger charge is -2.46. The average Bonchev–Trinajstić information content (AvgIpc) is 2.93. The van der Waals surface area contributed by atoms with Gasteiger partial charge in [-0.1, -0.05) is 12.1 Å². The van der Waals surface area contributed by atoms with Gasteiger partial charge in [0.25, 0.3) is 0 Å². The zero-order valence-electron chi connectivity index (χ0n) is 15.1. The number of amides is 1. The highest BCUT2D eigenvalue weighted by Crippen LogP contribution is 2.38. The van der Waals surface area contributed by atoms with Gasteiger partial charge in [0.1, 0.15) is 29.6 Å². The molecule has 2 bridgehead atoms. The number of rotatable bonds is 6. The van der Waals surface area contributed by atoms with E-state index in [4.69, 9.17) is 10.5 Å². The predicted octanol–water partition coefficient (Wildman–Crippen LogP) is -3.29. The van der Waals surface area contributed by atoms with Crippen molar-refractivity contribution in [2.45, 2.75) is 48.6 Å². The van der Waals surface area contributed by atoms with E-state index in [-0.39, 0.29) is 17.2 Å². The summed E-state index contributed by atoms with van der Waals surface area (Å²) in [6, 6.07) is 1.16. The fourth-order valence-corrected chi connectivity index (χ4v) is 3.60. The van der Waals surface area contributed by atoms with Gasteiger partial charge >= 0.3 is 5.97 Å². The molecule has 0 aromatic heterocycles. The number of aromatic hydroxyl groups is 1. The van der Waals surface area contributed by atoms with Gasteiger partial charge in [-0.15, -0.1) is 0 Å². The number of aliphatic hydroxyl groups is 3. The number of nitrogens with two attached hydrogens (primary N) is 1. The lowest BCUT2D eigenvalue weighted by Crippen LogP contribution is -2.74. The number of phenolic OH excluding ortho intramolecular Hbond substituents is 1. The van der Waals surface area contributed by atoms with Crippen molar-refractivity contribution >= 4 is 11.9 Å². The Balaban J connectivity index is 1.75. The second-order valence-electron chi connectivity index (χ2n) is 7.25. The topological polar surface area (TPSA) is 206 Å². The summed E-state index contributed by atoms with van der Waals surface area (Å²) in [4.78, 5) is 24.2. The number of hydroxylamine groups is 2. The number of aliphatic carboxylic acids is 1. The maximum Gasteiger partial charge on any atom is 0.328 e. The van der Waals surface area contributed by atoms with Gasteiger partial charge in [-0.2, -0.15) is 5.06 Å². The van der Waals surface area contributed by atoms with Gasteiger partial charge in [-0.25, -0.2) is 4.79 Å². The zero-order chi connectivity index (χ0) is 21.5. The van der Waals surface area contributed by atoms with Crippen molar-refractivity contribution in [3.8, 4) is 5.75 Å². The normalized spacial score (nSPS) is 33.8. The largest absolute Gasteiger partial charge is 0.508 e. The molecule has 7 atom stereocenters. The second kappa shape index (κ2) is 7.84. The minimum Gasteiger partial charge on any atom is -0.508 e. The van der Waals surface area contributed by atoms with E-state index < -0.39 is 60.6 Å². The highest BCUT2D eigenvalue weighted by atomic mass is 16.6. The quantitative estimate of drug-likeness (QED) is 0.232. The second-order valence-corrected chi connectivity index (χ2v) is 7.25. The number of benzene rings is 1. The summed E-state index contributed by atoms with van der Waals surface area (Å²) < 4.78 is 5.04. The molecule has 2 saturated heterocycles. The summed E-state index contributed by atoms with van der Waals surface area (Å²) in [6.07, 6.45) is -5.07. The highest BCUT2D eigenvalue weighted by Gasteiger charge is 2.65. The number of carboxylic acids is 1. The molecule has 29 heavy (non-hydrogen) atoms. The van der Waals surface area contributed by atoms with Crippen molar-refractivity contribution in [1.29, 1.82) is 0 Å². The summed E-state index contributed by atoms with van der Waals surface area (Å²) in [6.45, 7) is -0.534. The number of aliphatic hydroxyl groups excluding tert-OH is 2. The Labute approximate surface area is 164 Å². The van der Waals surface area contributed by atoms with E-state index in [2.05, 4.69) is 5.32 Å². The number of carboxylic acid groups (broad SMARTS) is 1. The number of phenols is 1. The van der Waals surface area contributed by atoms with Crippen molar-refractivity contribution in [1.82, 2.24) is 10.4 Å². The van der Waals surface area contributed by atoms with Crippen LogP contribution in [0.1, 0.15) is 5.56 Å². The standard InChI is InChI=1S/C17H23N3O9/c18-9(5-7-1-3-8(21)4-2-7)14(24)19-10(16(25)26)11-12(22)17(27)6-29-15(13(17)23)20(11)28/h1-4,9-13,15,21-23,27-28H,5-6,18H2,(H,19,24)(H,25,26)/t9-,10+,11-,12-,13-,15-,17+/m0/s1. The van der Waals surface area contributed by atoms with Gasteiger partial charge in [0, 0.05) is 0 Å². The van der Waals surface area contributed by atoms with Gasteiger partial charge in [-0.3, -0.25) is 4.79 Å². The summed E-state index contributed by atoms with van der Waals surface area (Å²) in [5.41, 5.74) is 4.24. The van der Waals surface area contributed by atoms with Crippen LogP contribution in [0.3, 0.4) is 0 Å². The van der Waals surface area contributed by atoms with Gasteiger partial charge in [-0.05, 0) is 24.1 Å². The number of nitrogens with zero attached hydrogens (tertiary/aromatic N) is 1. The molecule has 2 heterocycles. The first-order valence-corrected chi connectivity index (χ1v) is 8.80. The molecule has 9 N–H and O–H groups in total. The monoisotopic (exact) mass is 413 g/mol.